The van der Waals surface area contributed by atoms with Crippen molar-refractivity contribution >= 4 is 15.9 Å². The summed E-state index contributed by atoms with van der Waals surface area (Å²) in [6.07, 6.45) is 7.45. The highest BCUT2D eigenvalue weighted by atomic mass is 79.9. The maximum atomic E-state index is 13.5. The van der Waals surface area contributed by atoms with Gasteiger partial charge >= 0.3 is 0 Å². The molecular formula is C17H25BrFN. The van der Waals surface area contributed by atoms with Gasteiger partial charge in [0, 0.05) is 10.5 Å². The number of hydrogen-bond donors (Lipinski definition) is 1. The molecule has 1 aromatic rings. The molecule has 0 radical (unpaired) electrons. The largest absolute Gasteiger partial charge is 0.313 e. The van der Waals surface area contributed by atoms with Crippen LogP contribution in [0.25, 0.3) is 0 Å². The Hall–Kier alpha value is -0.410. The second kappa shape index (κ2) is 7.04. The van der Waals surface area contributed by atoms with Gasteiger partial charge in [0.05, 0.1) is 0 Å². The van der Waals surface area contributed by atoms with Crippen LogP contribution in [0.5, 0.6) is 0 Å². The van der Waals surface area contributed by atoms with E-state index >= 15 is 0 Å². The number of halogens is 2. The van der Waals surface area contributed by atoms with E-state index in [4.69, 9.17) is 0 Å². The molecule has 1 atom stereocenters. The zero-order valence-electron chi connectivity index (χ0n) is 12.5. The average Bonchev–Trinajstić information content (AvgIpc) is 2.43. The highest BCUT2D eigenvalue weighted by Crippen LogP contribution is 2.40. The topological polar surface area (TPSA) is 12.0 Å². The van der Waals surface area contributed by atoms with E-state index in [1.165, 1.54) is 38.2 Å². The summed E-state index contributed by atoms with van der Waals surface area (Å²) >= 11 is 3.56. The van der Waals surface area contributed by atoms with Crippen LogP contribution in [0.2, 0.25) is 0 Å². The predicted octanol–water partition coefficient (Wildman–Crippen LogP) is 5.08. The van der Waals surface area contributed by atoms with E-state index in [-0.39, 0.29) is 5.82 Å². The van der Waals surface area contributed by atoms with Gasteiger partial charge in [-0.1, -0.05) is 49.0 Å². The van der Waals surface area contributed by atoms with Crippen LogP contribution in [0.1, 0.15) is 51.5 Å². The summed E-state index contributed by atoms with van der Waals surface area (Å²) in [7, 11) is 0. The maximum absolute atomic E-state index is 13.5. The predicted molar refractivity (Wildman–Crippen MR) is 86.5 cm³/mol. The van der Waals surface area contributed by atoms with E-state index in [0.29, 0.717) is 11.5 Å². The van der Waals surface area contributed by atoms with Crippen molar-refractivity contribution in [1.82, 2.24) is 5.32 Å². The first-order valence-electron chi connectivity index (χ1n) is 7.72. The van der Waals surface area contributed by atoms with Gasteiger partial charge in [-0.15, -0.1) is 0 Å². The fraction of sp³-hybridized carbons (Fsp3) is 0.647. The van der Waals surface area contributed by atoms with Gasteiger partial charge < -0.3 is 5.32 Å². The highest BCUT2D eigenvalue weighted by Gasteiger charge is 2.35. The Labute approximate surface area is 130 Å². The Morgan fingerprint density at radius 3 is 2.65 bits per heavy atom. The third-order valence-corrected chi connectivity index (χ3v) is 5.49. The van der Waals surface area contributed by atoms with Crippen LogP contribution in [0.4, 0.5) is 4.39 Å². The molecule has 1 N–H and O–H groups in total. The van der Waals surface area contributed by atoms with Crippen molar-refractivity contribution in [3.63, 3.8) is 0 Å². The molecular weight excluding hydrogens is 317 g/mol. The molecule has 2 rings (SSSR count). The molecule has 1 aromatic carbocycles. The summed E-state index contributed by atoms with van der Waals surface area (Å²) in [6, 6.07) is 5.42. The zero-order chi connectivity index (χ0) is 14.6. The Bertz CT molecular complexity index is 441. The zero-order valence-corrected chi connectivity index (χ0v) is 14.1. The smallest absolute Gasteiger partial charge is 0.123 e. The number of benzene rings is 1. The fourth-order valence-electron chi connectivity index (χ4n) is 3.44. The third-order valence-electron chi connectivity index (χ3n) is 4.72. The molecule has 0 aromatic heterocycles. The Morgan fingerprint density at radius 2 is 2.00 bits per heavy atom. The maximum Gasteiger partial charge on any atom is 0.123 e. The lowest BCUT2D eigenvalue weighted by Crippen LogP contribution is -2.46. The molecule has 0 saturated heterocycles. The Kier molecular flexibility index (Phi) is 5.62. The van der Waals surface area contributed by atoms with Crippen molar-refractivity contribution in [2.45, 2.75) is 58.4 Å². The van der Waals surface area contributed by atoms with Crippen LogP contribution in [0.3, 0.4) is 0 Å². The molecule has 1 fully saturated rings. The molecule has 1 aliphatic rings. The lowest BCUT2D eigenvalue weighted by molar-refractivity contribution is 0.144. The number of likely N-dealkylation sites (N-methyl/N-ethyl adjacent to an activating group) is 1. The summed E-state index contributed by atoms with van der Waals surface area (Å²) in [5, 5.41) is 3.64. The van der Waals surface area contributed by atoms with Crippen LogP contribution in [-0.4, -0.2) is 12.6 Å². The van der Waals surface area contributed by atoms with Crippen LogP contribution in [0.15, 0.2) is 22.7 Å². The SMILES string of the molecule is CCNC(Cc1cc(F)ccc1Br)C1(C)CCCCC1. The minimum absolute atomic E-state index is 0.146. The molecule has 1 aliphatic carbocycles. The molecule has 112 valence electrons. The van der Waals surface area contributed by atoms with E-state index < -0.39 is 0 Å². The summed E-state index contributed by atoms with van der Waals surface area (Å²) < 4.78 is 14.5. The molecule has 0 spiro atoms. The van der Waals surface area contributed by atoms with Crippen molar-refractivity contribution < 1.29 is 4.39 Å². The third kappa shape index (κ3) is 3.82. The molecule has 3 heteroatoms. The van der Waals surface area contributed by atoms with Crippen molar-refractivity contribution in [3.05, 3.63) is 34.1 Å². The van der Waals surface area contributed by atoms with Gasteiger partial charge in [-0.05, 0) is 55.0 Å². The van der Waals surface area contributed by atoms with E-state index in [1.54, 1.807) is 6.07 Å². The van der Waals surface area contributed by atoms with E-state index in [0.717, 1.165) is 23.0 Å². The number of nitrogens with one attached hydrogen (secondary N) is 1. The van der Waals surface area contributed by atoms with Crippen molar-refractivity contribution in [1.29, 1.82) is 0 Å². The van der Waals surface area contributed by atoms with Gasteiger partial charge in [0.1, 0.15) is 5.82 Å². The van der Waals surface area contributed by atoms with Gasteiger partial charge in [0.25, 0.3) is 0 Å². The molecule has 0 amide bonds. The van der Waals surface area contributed by atoms with E-state index in [1.807, 2.05) is 6.07 Å². The summed E-state index contributed by atoms with van der Waals surface area (Å²) in [5.74, 6) is -0.146. The number of hydrogen-bond acceptors (Lipinski definition) is 1. The quantitative estimate of drug-likeness (QED) is 0.787. The molecule has 0 heterocycles. The first kappa shape index (κ1) is 16.0. The lowest BCUT2D eigenvalue weighted by atomic mass is 9.69. The minimum Gasteiger partial charge on any atom is -0.313 e. The minimum atomic E-state index is -0.146. The van der Waals surface area contributed by atoms with E-state index in [9.17, 15) is 4.39 Å². The average molecular weight is 342 g/mol. The van der Waals surface area contributed by atoms with Gasteiger partial charge in [-0.3, -0.25) is 0 Å². The fourth-order valence-corrected chi connectivity index (χ4v) is 3.85. The molecule has 1 saturated carbocycles. The lowest BCUT2D eigenvalue weighted by Gasteiger charge is -2.41. The summed E-state index contributed by atoms with van der Waals surface area (Å²) in [6.45, 7) is 5.51. The van der Waals surface area contributed by atoms with Crippen molar-refractivity contribution in [3.8, 4) is 0 Å². The number of rotatable bonds is 5. The first-order chi connectivity index (χ1) is 9.55. The second-order valence-electron chi connectivity index (χ2n) is 6.26. The van der Waals surface area contributed by atoms with Crippen molar-refractivity contribution in [2.75, 3.05) is 6.54 Å². The van der Waals surface area contributed by atoms with Gasteiger partial charge in [0.2, 0.25) is 0 Å². The Balaban J connectivity index is 2.18. The van der Waals surface area contributed by atoms with Crippen LogP contribution in [-0.2, 0) is 6.42 Å². The van der Waals surface area contributed by atoms with Gasteiger partial charge in [-0.2, -0.15) is 0 Å². The van der Waals surface area contributed by atoms with Crippen LogP contribution >= 0.6 is 15.9 Å². The standard InChI is InChI=1S/C17H25BrFN/c1-3-20-16(17(2)9-5-4-6-10-17)12-13-11-14(19)7-8-15(13)18/h7-8,11,16,20H,3-6,9-10,12H2,1-2H3. The molecule has 20 heavy (non-hydrogen) atoms. The first-order valence-corrected chi connectivity index (χ1v) is 8.52. The van der Waals surface area contributed by atoms with Crippen LogP contribution in [0, 0.1) is 11.2 Å². The monoisotopic (exact) mass is 341 g/mol. The second-order valence-corrected chi connectivity index (χ2v) is 7.12. The summed E-state index contributed by atoms with van der Waals surface area (Å²) in [4.78, 5) is 0. The van der Waals surface area contributed by atoms with Crippen molar-refractivity contribution in [2.24, 2.45) is 5.41 Å². The normalized spacial score (nSPS) is 19.8. The molecule has 0 aliphatic heterocycles. The van der Waals surface area contributed by atoms with Crippen LogP contribution < -0.4 is 5.32 Å². The van der Waals surface area contributed by atoms with E-state index in [2.05, 4.69) is 35.1 Å². The van der Waals surface area contributed by atoms with Gasteiger partial charge in [0.15, 0.2) is 0 Å². The molecule has 1 nitrogen and oxygen atoms in total. The summed E-state index contributed by atoms with van der Waals surface area (Å²) in [5.41, 5.74) is 1.41. The highest BCUT2D eigenvalue weighted by molar-refractivity contribution is 9.10. The molecule has 0 bridgehead atoms. The van der Waals surface area contributed by atoms with Gasteiger partial charge in [-0.25, -0.2) is 4.39 Å². The Morgan fingerprint density at radius 1 is 1.30 bits per heavy atom. The molecule has 1 unspecified atom stereocenters.